The SMILES string of the molecule is ONC(=Nc1ccccc1)c1ccc(Br)cc1. The lowest BCUT2D eigenvalue weighted by Gasteiger charge is -2.05. The van der Waals surface area contributed by atoms with Gasteiger partial charge < -0.3 is 0 Å². The second-order valence-corrected chi connectivity index (χ2v) is 4.33. The van der Waals surface area contributed by atoms with Crippen molar-refractivity contribution in [1.29, 1.82) is 0 Å². The van der Waals surface area contributed by atoms with Crippen LogP contribution in [-0.2, 0) is 0 Å². The molecule has 0 aliphatic carbocycles. The summed E-state index contributed by atoms with van der Waals surface area (Å²) in [7, 11) is 0. The van der Waals surface area contributed by atoms with Gasteiger partial charge in [0.1, 0.15) is 0 Å². The minimum absolute atomic E-state index is 0.420. The van der Waals surface area contributed by atoms with Crippen LogP contribution in [0.2, 0.25) is 0 Å². The average molecular weight is 291 g/mol. The molecule has 17 heavy (non-hydrogen) atoms. The van der Waals surface area contributed by atoms with Crippen molar-refractivity contribution in [2.24, 2.45) is 4.99 Å². The Balaban J connectivity index is 2.34. The van der Waals surface area contributed by atoms with E-state index in [0.717, 1.165) is 15.7 Å². The summed E-state index contributed by atoms with van der Waals surface area (Å²) >= 11 is 3.36. The fourth-order valence-electron chi connectivity index (χ4n) is 1.39. The van der Waals surface area contributed by atoms with E-state index in [9.17, 15) is 0 Å². The number of hydrogen-bond acceptors (Lipinski definition) is 2. The van der Waals surface area contributed by atoms with E-state index in [1.807, 2.05) is 54.6 Å². The number of hydrogen-bond donors (Lipinski definition) is 2. The van der Waals surface area contributed by atoms with Crippen LogP contribution in [-0.4, -0.2) is 11.0 Å². The predicted molar refractivity (Wildman–Crippen MR) is 71.7 cm³/mol. The molecule has 2 rings (SSSR count). The van der Waals surface area contributed by atoms with Crippen molar-refractivity contribution in [1.82, 2.24) is 5.48 Å². The number of para-hydroxylation sites is 1. The van der Waals surface area contributed by atoms with Crippen LogP contribution in [0.3, 0.4) is 0 Å². The Hall–Kier alpha value is -1.65. The Labute approximate surface area is 108 Å². The smallest absolute Gasteiger partial charge is 0.157 e. The zero-order valence-corrected chi connectivity index (χ0v) is 10.6. The maximum absolute atomic E-state index is 9.12. The molecule has 0 heterocycles. The zero-order chi connectivity index (χ0) is 12.1. The van der Waals surface area contributed by atoms with Crippen molar-refractivity contribution < 1.29 is 5.21 Å². The molecule has 0 aromatic heterocycles. The molecule has 0 radical (unpaired) electrons. The molecule has 4 heteroatoms. The zero-order valence-electron chi connectivity index (χ0n) is 8.97. The van der Waals surface area contributed by atoms with E-state index in [2.05, 4.69) is 26.4 Å². The third kappa shape index (κ3) is 3.15. The van der Waals surface area contributed by atoms with Crippen LogP contribution >= 0.6 is 15.9 Å². The van der Waals surface area contributed by atoms with Crippen LogP contribution in [0.1, 0.15) is 5.56 Å². The summed E-state index contributed by atoms with van der Waals surface area (Å²) in [4.78, 5) is 4.32. The first-order valence-electron chi connectivity index (χ1n) is 5.09. The molecule has 0 aliphatic rings. The van der Waals surface area contributed by atoms with Gasteiger partial charge in [0.05, 0.1) is 5.69 Å². The Bertz CT molecular complexity index is 509. The second-order valence-electron chi connectivity index (χ2n) is 3.41. The van der Waals surface area contributed by atoms with E-state index in [1.54, 1.807) is 0 Å². The lowest BCUT2D eigenvalue weighted by Crippen LogP contribution is -2.19. The van der Waals surface area contributed by atoms with Crippen LogP contribution in [0.4, 0.5) is 5.69 Å². The van der Waals surface area contributed by atoms with Crippen molar-refractivity contribution in [3.63, 3.8) is 0 Å². The van der Waals surface area contributed by atoms with Gasteiger partial charge in [0, 0.05) is 10.0 Å². The second kappa shape index (κ2) is 5.61. The summed E-state index contributed by atoms with van der Waals surface area (Å²) in [5, 5.41) is 9.12. The van der Waals surface area contributed by atoms with Crippen molar-refractivity contribution in [3.05, 3.63) is 64.6 Å². The predicted octanol–water partition coefficient (Wildman–Crippen LogP) is 3.51. The van der Waals surface area contributed by atoms with Crippen LogP contribution in [0, 0.1) is 0 Å². The molecule has 2 aromatic carbocycles. The topological polar surface area (TPSA) is 44.6 Å². The third-order valence-corrected chi connectivity index (χ3v) is 2.75. The van der Waals surface area contributed by atoms with Gasteiger partial charge in [-0.3, -0.25) is 10.7 Å². The van der Waals surface area contributed by atoms with Crippen LogP contribution in [0.15, 0.2) is 64.1 Å². The average Bonchev–Trinajstić information content (AvgIpc) is 2.38. The van der Waals surface area contributed by atoms with E-state index < -0.39 is 0 Å². The highest BCUT2D eigenvalue weighted by Crippen LogP contribution is 2.14. The molecule has 0 saturated carbocycles. The van der Waals surface area contributed by atoms with Crippen LogP contribution in [0.5, 0.6) is 0 Å². The Kier molecular flexibility index (Phi) is 3.90. The number of hydroxylamine groups is 1. The first-order valence-corrected chi connectivity index (χ1v) is 5.88. The van der Waals surface area contributed by atoms with Crippen molar-refractivity contribution in [3.8, 4) is 0 Å². The Morgan fingerprint density at radius 2 is 1.65 bits per heavy atom. The summed E-state index contributed by atoms with van der Waals surface area (Å²) in [6, 6.07) is 17.0. The molecule has 0 bridgehead atoms. The molecule has 0 spiro atoms. The minimum Gasteiger partial charge on any atom is -0.290 e. The molecule has 2 aromatic rings. The summed E-state index contributed by atoms with van der Waals surface area (Å²) in [6.07, 6.45) is 0. The van der Waals surface area contributed by atoms with Gasteiger partial charge in [-0.1, -0.05) is 46.3 Å². The molecular formula is C13H11BrN2O. The third-order valence-electron chi connectivity index (χ3n) is 2.22. The van der Waals surface area contributed by atoms with Crippen molar-refractivity contribution >= 4 is 27.5 Å². The van der Waals surface area contributed by atoms with E-state index in [-0.39, 0.29) is 0 Å². The molecule has 3 nitrogen and oxygen atoms in total. The number of rotatable bonds is 2. The molecule has 0 unspecified atom stereocenters. The normalized spacial score (nSPS) is 11.3. The number of nitrogens with one attached hydrogen (secondary N) is 1. The number of aliphatic imine (C=N–C) groups is 1. The summed E-state index contributed by atoms with van der Waals surface area (Å²) in [5.74, 6) is 0.420. The molecule has 0 fully saturated rings. The number of halogens is 1. The van der Waals surface area contributed by atoms with Gasteiger partial charge in [0.2, 0.25) is 0 Å². The molecule has 86 valence electrons. The maximum Gasteiger partial charge on any atom is 0.157 e. The fourth-order valence-corrected chi connectivity index (χ4v) is 1.66. The highest BCUT2D eigenvalue weighted by atomic mass is 79.9. The minimum atomic E-state index is 0.420. The van der Waals surface area contributed by atoms with E-state index in [0.29, 0.717) is 5.84 Å². The highest BCUT2D eigenvalue weighted by molar-refractivity contribution is 9.10. The molecule has 0 atom stereocenters. The lowest BCUT2D eigenvalue weighted by atomic mass is 10.2. The summed E-state index contributed by atoms with van der Waals surface area (Å²) < 4.78 is 0.984. The number of amidine groups is 1. The first kappa shape index (κ1) is 11.8. The standard InChI is InChI=1S/C13H11BrN2O/c14-11-8-6-10(7-9-11)13(16-17)15-12-4-2-1-3-5-12/h1-9,17H,(H,15,16). The molecule has 2 N–H and O–H groups in total. The monoisotopic (exact) mass is 290 g/mol. The number of benzene rings is 2. The fraction of sp³-hybridized carbons (Fsp3) is 0. The quantitative estimate of drug-likeness (QED) is 0.505. The summed E-state index contributed by atoms with van der Waals surface area (Å²) in [5.41, 5.74) is 3.72. The summed E-state index contributed by atoms with van der Waals surface area (Å²) in [6.45, 7) is 0. The van der Waals surface area contributed by atoms with Crippen LogP contribution < -0.4 is 5.48 Å². The van der Waals surface area contributed by atoms with Gasteiger partial charge in [-0.25, -0.2) is 4.99 Å². The van der Waals surface area contributed by atoms with Gasteiger partial charge in [0.15, 0.2) is 5.84 Å². The molecule has 0 saturated heterocycles. The largest absolute Gasteiger partial charge is 0.290 e. The van der Waals surface area contributed by atoms with Gasteiger partial charge in [-0.15, -0.1) is 0 Å². The molecular weight excluding hydrogens is 280 g/mol. The molecule has 0 amide bonds. The van der Waals surface area contributed by atoms with Crippen LogP contribution in [0.25, 0.3) is 0 Å². The van der Waals surface area contributed by atoms with E-state index in [4.69, 9.17) is 5.21 Å². The van der Waals surface area contributed by atoms with Crippen molar-refractivity contribution in [2.45, 2.75) is 0 Å². The van der Waals surface area contributed by atoms with E-state index in [1.165, 1.54) is 0 Å². The maximum atomic E-state index is 9.12. The Morgan fingerprint density at radius 3 is 2.24 bits per heavy atom. The van der Waals surface area contributed by atoms with Gasteiger partial charge in [0.25, 0.3) is 0 Å². The van der Waals surface area contributed by atoms with Crippen molar-refractivity contribution in [2.75, 3.05) is 0 Å². The first-order chi connectivity index (χ1) is 8.29. The van der Waals surface area contributed by atoms with Gasteiger partial charge in [-0.05, 0) is 24.3 Å². The molecule has 0 aliphatic heterocycles. The Morgan fingerprint density at radius 1 is 1.00 bits per heavy atom. The lowest BCUT2D eigenvalue weighted by molar-refractivity contribution is 0.235. The highest BCUT2D eigenvalue weighted by Gasteiger charge is 2.01. The van der Waals surface area contributed by atoms with Gasteiger partial charge in [-0.2, -0.15) is 0 Å². The van der Waals surface area contributed by atoms with E-state index >= 15 is 0 Å². The number of nitrogens with zero attached hydrogens (tertiary/aromatic N) is 1. The van der Waals surface area contributed by atoms with Gasteiger partial charge >= 0.3 is 0 Å².